The molecular weight excluding hydrogens is 1890 g/mol. The van der Waals surface area contributed by atoms with E-state index in [-0.39, 0.29) is 108 Å². The first-order valence-corrected chi connectivity index (χ1v) is 47.6. The minimum atomic E-state index is -2.23. The average Bonchev–Trinajstić information content (AvgIpc) is 0.845. The van der Waals surface area contributed by atoms with Gasteiger partial charge in [0.1, 0.15) is 90.6 Å². The fourth-order valence-electron chi connectivity index (χ4n) is 13.8. The van der Waals surface area contributed by atoms with Gasteiger partial charge in [-0.05, 0) is 159 Å². The summed E-state index contributed by atoms with van der Waals surface area (Å²) in [7, 11) is 0. The molecule has 0 unspecified atom stereocenters. The van der Waals surface area contributed by atoms with E-state index in [1.807, 2.05) is 0 Å². The Kier molecular flexibility index (Phi) is 59.6. The Morgan fingerprint density at radius 1 is 0.338 bits per heavy atom. The Hall–Kier alpha value is -13.5. The van der Waals surface area contributed by atoms with Gasteiger partial charge in [0.2, 0.25) is 112 Å². The van der Waals surface area contributed by atoms with Crippen LogP contribution in [0.1, 0.15) is 190 Å². The van der Waals surface area contributed by atoms with Crippen LogP contribution < -0.4 is 130 Å². The van der Waals surface area contributed by atoms with Crippen LogP contribution in [0.4, 0.5) is 0 Å². The van der Waals surface area contributed by atoms with E-state index in [9.17, 15) is 141 Å². The highest BCUT2D eigenvalue weighted by atomic mass is 32.2. The molecule has 1 aromatic rings. The van der Waals surface area contributed by atoms with Gasteiger partial charge >= 0.3 is 23.9 Å². The maximum absolute atomic E-state index is 14.5. The molecule has 798 valence electrons. The third-order valence-corrected chi connectivity index (χ3v) is 21.8. The summed E-state index contributed by atoms with van der Waals surface area (Å²) < 4.78 is 0. The van der Waals surface area contributed by atoms with E-state index in [0.717, 1.165) is 13.8 Å². The summed E-state index contributed by atoms with van der Waals surface area (Å²) >= 11 is 1.21. The van der Waals surface area contributed by atoms with Gasteiger partial charge in [0.05, 0.1) is 44.6 Å². The number of nitrogens with one attached hydrogen (secondary N) is 19. The number of carbonyl (C=O) groups is 23. The number of carboxylic acid groups (broad SMARTS) is 4. The number of hydrogen-bond donors (Lipinski definition) is 31. The molecule has 1 aromatic carbocycles. The molecule has 37 N–H and O–H groups in total. The third kappa shape index (κ3) is 51.6. The number of aliphatic carboxylic acids is 4. The molecule has 54 nitrogen and oxygen atoms in total. The Morgan fingerprint density at radius 3 is 1.07 bits per heavy atom. The second-order valence-electron chi connectivity index (χ2n) is 35.1. The topological polar surface area (TPSA) is 911 Å². The van der Waals surface area contributed by atoms with Crippen LogP contribution in [0.25, 0.3) is 0 Å². The average molecular weight is 2040 g/mol. The lowest BCUT2D eigenvalue weighted by Gasteiger charge is -2.28. The van der Waals surface area contributed by atoms with Crippen molar-refractivity contribution in [3.8, 4) is 0 Å². The van der Waals surface area contributed by atoms with Crippen LogP contribution in [0.5, 0.6) is 0 Å². The number of carbonyl (C=O) groups excluding carboxylic acids is 19. The molecule has 142 heavy (non-hydrogen) atoms. The van der Waals surface area contributed by atoms with Crippen molar-refractivity contribution in [3.05, 3.63) is 35.9 Å². The number of amides is 19. The van der Waals surface area contributed by atoms with E-state index in [2.05, 4.69) is 95.7 Å². The Morgan fingerprint density at radius 2 is 0.669 bits per heavy atom. The molecule has 0 fully saturated rings. The first-order chi connectivity index (χ1) is 66.6. The predicted octanol–water partition coefficient (Wildman–Crippen LogP) is -9.71. The second kappa shape index (κ2) is 67.0. The number of primary amides is 2. The molecule has 1 rings (SSSR count). The molecule has 0 aromatic heterocycles. The fraction of sp³-hybridized carbons (Fsp3) is 0.655. The van der Waals surface area contributed by atoms with E-state index in [1.54, 1.807) is 78.1 Å². The summed E-state index contributed by atoms with van der Waals surface area (Å²) in [5.74, 6) is -29.2. The SMILES string of the molecule is CSCC[C@H](NC(=O)[C@H](C)NC(=O)[C@H](CCCNC(=N)N)NC(=O)[C@H](CCC(=O)O)NC(=O)CN)C(=O)N[C@H](C(=O)N[C@@H](CCCCN)C(=O)N[C@@H](CC(=O)O)C(=O)N[C@@H](CC(N)=O)C(=O)N[C@@H](CC(N)=O)C(=O)N[C@@H](CC(C)C)C(=O)N[C@@H](CC(C)C)C(=O)NCC(=O)N[C@@H](CCCCN)C(=O)N[C@@H](Cc1ccccc1)C(=O)N[C@@H](CCC(=O)O)C(=O)N[C@@H](CC(C)C)C(=O)N[C@H](C(=O)O)[C@@H](C)O)[C@@H](C)O. The van der Waals surface area contributed by atoms with Gasteiger partial charge in [-0.2, -0.15) is 11.8 Å². The van der Waals surface area contributed by atoms with Crippen LogP contribution in [0.2, 0.25) is 0 Å². The number of aliphatic hydroxyl groups is 2. The van der Waals surface area contributed by atoms with Gasteiger partial charge in [0, 0.05) is 25.8 Å². The van der Waals surface area contributed by atoms with Crippen LogP contribution in [-0.4, -0.2) is 326 Å². The largest absolute Gasteiger partial charge is 0.481 e. The van der Waals surface area contributed by atoms with E-state index in [1.165, 1.54) is 18.7 Å². The molecule has 0 spiro atoms. The minimum Gasteiger partial charge on any atom is -0.481 e. The number of unbranched alkanes of at least 4 members (excludes halogenated alkanes) is 2. The molecule has 0 saturated heterocycles. The number of carboxylic acids is 4. The minimum absolute atomic E-state index is 0.00941. The molecule has 0 aliphatic carbocycles. The van der Waals surface area contributed by atoms with E-state index < -0.39 is 321 Å². The van der Waals surface area contributed by atoms with Crippen molar-refractivity contribution in [2.24, 2.45) is 52.2 Å². The number of aliphatic hydroxyl groups excluding tert-OH is 2. The van der Waals surface area contributed by atoms with Gasteiger partial charge in [0.15, 0.2) is 12.0 Å². The van der Waals surface area contributed by atoms with E-state index >= 15 is 0 Å². The highest BCUT2D eigenvalue weighted by Crippen LogP contribution is 2.17. The first-order valence-electron chi connectivity index (χ1n) is 46.2. The van der Waals surface area contributed by atoms with Crippen molar-refractivity contribution in [2.75, 3.05) is 44.7 Å². The molecule has 19 amide bonds. The maximum atomic E-state index is 14.5. The number of benzene rings is 1. The normalized spacial score (nSPS) is 14.9. The molecule has 0 saturated carbocycles. The third-order valence-electron chi connectivity index (χ3n) is 21.1. The zero-order valence-electron chi connectivity index (χ0n) is 81.3. The lowest BCUT2D eigenvalue weighted by molar-refractivity contribution is -0.145. The molecule has 0 heterocycles. The molecule has 0 radical (unpaired) electrons. The smallest absolute Gasteiger partial charge is 0.328 e. The quantitative estimate of drug-likeness (QED) is 0.0164. The molecule has 0 bridgehead atoms. The maximum Gasteiger partial charge on any atom is 0.328 e. The fourth-order valence-corrected chi connectivity index (χ4v) is 14.2. The van der Waals surface area contributed by atoms with Crippen molar-refractivity contribution in [3.63, 3.8) is 0 Å². The van der Waals surface area contributed by atoms with Crippen molar-refractivity contribution in [1.29, 1.82) is 5.41 Å². The number of nitrogens with two attached hydrogens (primary N) is 6. The first kappa shape index (κ1) is 126. The zero-order chi connectivity index (χ0) is 108. The van der Waals surface area contributed by atoms with Gasteiger partial charge < -0.3 is 161 Å². The Labute approximate surface area is 824 Å². The van der Waals surface area contributed by atoms with E-state index in [0.29, 0.717) is 12.0 Å². The summed E-state index contributed by atoms with van der Waals surface area (Å²) in [5, 5.41) is 110. The molecule has 55 heteroatoms. The highest BCUT2D eigenvalue weighted by molar-refractivity contribution is 7.98. The second-order valence-corrected chi connectivity index (χ2v) is 36.1. The molecular formula is C87H145N25O29S. The van der Waals surface area contributed by atoms with Gasteiger partial charge in [-0.3, -0.25) is 111 Å². The van der Waals surface area contributed by atoms with Gasteiger partial charge in [0.25, 0.3) is 0 Å². The predicted molar refractivity (Wildman–Crippen MR) is 510 cm³/mol. The zero-order valence-corrected chi connectivity index (χ0v) is 82.2. The van der Waals surface area contributed by atoms with Crippen LogP contribution in [0.15, 0.2) is 30.3 Å². The number of hydrogen-bond acceptors (Lipinski definition) is 30. The van der Waals surface area contributed by atoms with Gasteiger partial charge in [-0.1, -0.05) is 71.9 Å². The summed E-state index contributed by atoms with van der Waals surface area (Å²) in [6.07, 6.45) is -8.38. The lowest BCUT2D eigenvalue weighted by atomic mass is 9.99. The van der Waals surface area contributed by atoms with Crippen LogP contribution >= 0.6 is 11.8 Å². The summed E-state index contributed by atoms with van der Waals surface area (Å²) in [6.45, 7) is 11.9. The van der Waals surface area contributed by atoms with Crippen LogP contribution in [0, 0.1) is 23.2 Å². The van der Waals surface area contributed by atoms with Crippen LogP contribution in [-0.2, 0) is 117 Å². The van der Waals surface area contributed by atoms with Crippen molar-refractivity contribution in [2.45, 2.75) is 300 Å². The summed E-state index contributed by atoms with van der Waals surface area (Å²) in [4.78, 5) is 312. The highest BCUT2D eigenvalue weighted by Gasteiger charge is 2.41. The molecule has 18 atom stereocenters. The summed E-state index contributed by atoms with van der Waals surface area (Å²) in [6, 6.07) is -19.5. The van der Waals surface area contributed by atoms with E-state index in [4.69, 9.17) is 39.8 Å². The number of guanidine groups is 1. The summed E-state index contributed by atoms with van der Waals surface area (Å²) in [5.41, 5.74) is 33.8. The van der Waals surface area contributed by atoms with Gasteiger partial charge in [-0.15, -0.1) is 0 Å². The lowest BCUT2D eigenvalue weighted by Crippen LogP contribution is -2.62. The van der Waals surface area contributed by atoms with Crippen molar-refractivity contribution < 1.29 is 141 Å². The van der Waals surface area contributed by atoms with Crippen LogP contribution in [0.3, 0.4) is 0 Å². The Balaban J connectivity index is 3.67. The monoisotopic (exact) mass is 2040 g/mol. The van der Waals surface area contributed by atoms with Gasteiger partial charge in [-0.25, -0.2) is 4.79 Å². The number of rotatable bonds is 72. The number of thioether (sulfide) groups is 1. The van der Waals surface area contributed by atoms with Crippen molar-refractivity contribution in [1.82, 2.24) is 95.7 Å². The Bertz CT molecular complexity index is 4440. The standard InChI is InChI=1S/C87H145N25O29S/c1-42(2)33-55(72(126)96-41-65(118)99-49(21-14-16-29-88)74(128)107-58(36-48-19-12-11-13-20-48)80(134)102-53(25-27-67(121)122)77(131)105-57(35-44(5)6)84(138)112-70(47(9)114)86(140)141)104-79(133)56(34-43(3)4)106-81(135)59(37-62(91)115)108-82(136)60(38-63(92)116)109-83(137)61(39-68(123)124)110-75(129)50(22-15-17-30-89)103-85(139)69(46(8)113)111-78(132)54(28-32-142-10)100-71(125)45(7)97-73(127)51(23-18-31-95-87(93)94)101-76(130)52(24-26-66(119)120)98-64(117)40-90/h11-13,19-20,42-47,49-61,69-70,113-114H,14-18,21-41,88-90H2,1-10H3,(H2,91,115)(H2,92,116)(H,96,126)(H,97,127)(H,98,117)(H,99,118)(H,100,125)(H,101,130)(H,102,134)(H,103,139)(H,104,133)(H,105,131)(H,106,135)(H,107,128)(H,108,136)(H,109,137)(H,110,129)(H,111,132)(H,112,138)(H,119,120)(H,121,122)(H,123,124)(H,140,141)(H4,93,94,95)/t45-,46+,47+,49-,50-,51-,52-,53-,54-,55-,56-,57-,58-,59-,60-,61-,69-,70-/m0/s1. The van der Waals surface area contributed by atoms with Crippen molar-refractivity contribution >= 4 is 154 Å². The molecule has 0 aliphatic rings. The molecule has 0 aliphatic heterocycles.